The van der Waals surface area contributed by atoms with Crippen molar-refractivity contribution in [3.63, 3.8) is 0 Å². The van der Waals surface area contributed by atoms with E-state index in [2.05, 4.69) is 31.3 Å². The Balaban J connectivity index is 3.36. The van der Waals surface area contributed by atoms with Gasteiger partial charge in [-0.25, -0.2) is 0 Å². The van der Waals surface area contributed by atoms with Gasteiger partial charge in [0.25, 0.3) is 0 Å². The minimum Gasteiger partial charge on any atom is -0.466 e. The van der Waals surface area contributed by atoms with Crippen molar-refractivity contribution in [3.8, 4) is 0 Å². The van der Waals surface area contributed by atoms with Gasteiger partial charge in [0.1, 0.15) is 0 Å². The minimum atomic E-state index is -0.663. The zero-order valence-corrected chi connectivity index (χ0v) is 51.1. The monoisotopic (exact) mass is 1060 g/mol. The Morgan fingerprint density at radius 2 is 0.627 bits per heavy atom. The fraction of sp³-hybridized carbons (Fsp3) is 0.942. The minimum absolute atomic E-state index is 0.0176. The predicted molar refractivity (Wildman–Crippen MR) is 329 cm³/mol. The van der Waals surface area contributed by atoms with E-state index in [9.17, 15) is 19.8 Å². The zero-order chi connectivity index (χ0) is 54.3. The first-order chi connectivity index (χ1) is 37.0. The molecule has 0 radical (unpaired) electrons. The highest BCUT2D eigenvalue weighted by molar-refractivity contribution is 5.76. The lowest BCUT2D eigenvalue weighted by Gasteiger charge is -2.22. The molecule has 0 saturated heterocycles. The largest absolute Gasteiger partial charge is 0.466 e. The molecule has 446 valence electrons. The second kappa shape index (κ2) is 65.1. The molecule has 75 heavy (non-hydrogen) atoms. The van der Waals surface area contributed by atoms with Crippen molar-refractivity contribution in [3.05, 3.63) is 12.2 Å². The molecule has 1 amide bonds. The highest BCUT2D eigenvalue weighted by atomic mass is 16.5. The van der Waals surface area contributed by atoms with Crippen LogP contribution in [-0.4, -0.2) is 47.4 Å². The Hall–Kier alpha value is -1.40. The molecule has 0 aromatic carbocycles. The van der Waals surface area contributed by atoms with E-state index in [1.165, 1.54) is 321 Å². The summed E-state index contributed by atoms with van der Waals surface area (Å²) < 4.78 is 5.47. The fourth-order valence-electron chi connectivity index (χ4n) is 11.1. The SMILES string of the molecule is CCCCCCCCCCCCCCCCCCCC(O)C(CO)NC(=O)CCCCCCCCCCCCCCCC/C=C\CCCCCCCCCCCCCCOC(=O)CCCCCCCCCCCCC. The van der Waals surface area contributed by atoms with Gasteiger partial charge in [-0.15, -0.1) is 0 Å². The van der Waals surface area contributed by atoms with Crippen molar-refractivity contribution in [1.82, 2.24) is 5.32 Å². The van der Waals surface area contributed by atoms with E-state index in [1.54, 1.807) is 0 Å². The summed E-state index contributed by atoms with van der Waals surface area (Å²) in [4.78, 5) is 24.5. The standard InChI is InChI=1S/C69H135NO5/c1-3-5-7-9-11-13-15-16-17-32-35-38-42-45-49-53-57-61-67(72)66(65-71)70-68(73)62-58-54-50-46-43-39-36-33-30-28-26-24-22-20-18-19-21-23-25-27-29-31-34-37-40-44-48-52-56-60-64-75-69(74)63-59-55-51-47-41-14-12-10-8-6-4-2/h19,21,66-67,71-72H,3-18,20,22-65H2,1-2H3,(H,70,73)/b21-19-. The normalized spacial score (nSPS) is 12.5. The first-order valence-electron chi connectivity index (χ1n) is 34.4. The van der Waals surface area contributed by atoms with Crippen LogP contribution in [0.1, 0.15) is 393 Å². The van der Waals surface area contributed by atoms with Crippen LogP contribution in [0.2, 0.25) is 0 Å². The summed E-state index contributed by atoms with van der Waals surface area (Å²) in [6, 6.07) is -0.540. The quantitative estimate of drug-likeness (QED) is 0.0320. The van der Waals surface area contributed by atoms with Crippen LogP contribution in [0.4, 0.5) is 0 Å². The molecule has 0 bridgehead atoms. The second-order valence-electron chi connectivity index (χ2n) is 23.9. The number of allylic oxidation sites excluding steroid dienone is 2. The van der Waals surface area contributed by atoms with Crippen LogP contribution in [0.15, 0.2) is 12.2 Å². The third-order valence-electron chi connectivity index (χ3n) is 16.3. The second-order valence-corrected chi connectivity index (χ2v) is 23.9. The van der Waals surface area contributed by atoms with Crippen molar-refractivity contribution in [1.29, 1.82) is 0 Å². The van der Waals surface area contributed by atoms with Gasteiger partial charge in [0.2, 0.25) is 5.91 Å². The molecular weight excluding hydrogens is 923 g/mol. The number of nitrogens with one attached hydrogen (secondary N) is 1. The molecule has 6 heteroatoms. The Morgan fingerprint density at radius 3 is 0.947 bits per heavy atom. The summed E-state index contributed by atoms with van der Waals surface area (Å²) in [5, 5.41) is 23.4. The van der Waals surface area contributed by atoms with E-state index in [0.717, 1.165) is 38.5 Å². The summed E-state index contributed by atoms with van der Waals surface area (Å²) in [6.07, 6.45) is 79.7. The number of aliphatic hydroxyl groups excluding tert-OH is 2. The maximum Gasteiger partial charge on any atom is 0.305 e. The molecule has 0 aliphatic carbocycles. The van der Waals surface area contributed by atoms with E-state index < -0.39 is 12.1 Å². The summed E-state index contributed by atoms with van der Waals surface area (Å²) in [5.74, 6) is -0.0120. The number of carbonyl (C=O) groups is 2. The summed E-state index contributed by atoms with van der Waals surface area (Å²) >= 11 is 0. The van der Waals surface area contributed by atoms with Crippen LogP contribution in [-0.2, 0) is 14.3 Å². The number of carbonyl (C=O) groups excluding carboxylic acids is 2. The van der Waals surface area contributed by atoms with E-state index >= 15 is 0 Å². The number of rotatable bonds is 65. The van der Waals surface area contributed by atoms with Crippen molar-refractivity contribution < 1.29 is 24.5 Å². The molecule has 0 saturated carbocycles. The highest BCUT2D eigenvalue weighted by Crippen LogP contribution is 2.19. The van der Waals surface area contributed by atoms with Gasteiger partial charge in [0.15, 0.2) is 0 Å². The summed E-state index contributed by atoms with van der Waals surface area (Å²) in [6.45, 7) is 4.99. The Kier molecular flexibility index (Phi) is 63.9. The van der Waals surface area contributed by atoms with Gasteiger partial charge >= 0.3 is 5.97 Å². The van der Waals surface area contributed by atoms with Gasteiger partial charge in [-0.05, 0) is 51.4 Å². The number of hydrogen-bond donors (Lipinski definition) is 3. The Labute approximate surface area is 469 Å². The average molecular weight is 1060 g/mol. The molecule has 2 atom stereocenters. The molecule has 0 aromatic rings. The van der Waals surface area contributed by atoms with Gasteiger partial charge in [0.05, 0.1) is 25.4 Å². The van der Waals surface area contributed by atoms with Crippen LogP contribution < -0.4 is 5.32 Å². The molecule has 0 fully saturated rings. The first-order valence-corrected chi connectivity index (χ1v) is 34.4. The van der Waals surface area contributed by atoms with Gasteiger partial charge in [-0.2, -0.15) is 0 Å². The lowest BCUT2D eigenvalue weighted by molar-refractivity contribution is -0.143. The molecular formula is C69H135NO5. The third-order valence-corrected chi connectivity index (χ3v) is 16.3. The van der Waals surface area contributed by atoms with Gasteiger partial charge < -0.3 is 20.3 Å². The van der Waals surface area contributed by atoms with Crippen LogP contribution in [0, 0.1) is 0 Å². The van der Waals surface area contributed by atoms with Crippen molar-refractivity contribution in [2.45, 2.75) is 405 Å². The highest BCUT2D eigenvalue weighted by Gasteiger charge is 2.20. The number of esters is 1. The van der Waals surface area contributed by atoms with Crippen molar-refractivity contribution >= 4 is 11.9 Å². The van der Waals surface area contributed by atoms with E-state index in [1.807, 2.05) is 0 Å². The lowest BCUT2D eigenvalue weighted by Crippen LogP contribution is -2.45. The van der Waals surface area contributed by atoms with E-state index in [0.29, 0.717) is 25.9 Å². The molecule has 6 nitrogen and oxygen atoms in total. The van der Waals surface area contributed by atoms with Crippen LogP contribution in [0.3, 0.4) is 0 Å². The fourth-order valence-corrected chi connectivity index (χ4v) is 11.1. The van der Waals surface area contributed by atoms with E-state index in [4.69, 9.17) is 4.74 Å². The van der Waals surface area contributed by atoms with Crippen LogP contribution in [0.25, 0.3) is 0 Å². The lowest BCUT2D eigenvalue weighted by atomic mass is 10.0. The van der Waals surface area contributed by atoms with Crippen molar-refractivity contribution in [2.24, 2.45) is 0 Å². The molecule has 0 aliphatic heterocycles. The zero-order valence-electron chi connectivity index (χ0n) is 51.1. The third kappa shape index (κ3) is 61.7. The molecule has 0 aliphatic rings. The van der Waals surface area contributed by atoms with Gasteiger partial charge in [0, 0.05) is 12.8 Å². The maximum absolute atomic E-state index is 12.5. The van der Waals surface area contributed by atoms with Crippen LogP contribution in [0.5, 0.6) is 0 Å². The van der Waals surface area contributed by atoms with Gasteiger partial charge in [-0.1, -0.05) is 341 Å². The maximum atomic E-state index is 12.5. The number of hydrogen-bond acceptors (Lipinski definition) is 5. The average Bonchev–Trinajstić information content (AvgIpc) is 3.41. The molecule has 0 rings (SSSR count). The van der Waals surface area contributed by atoms with E-state index in [-0.39, 0.29) is 18.5 Å². The number of amides is 1. The number of unbranched alkanes of at least 4 members (excludes halogenated alkanes) is 52. The molecule has 0 aromatic heterocycles. The smallest absolute Gasteiger partial charge is 0.305 e. The summed E-state index contributed by atoms with van der Waals surface area (Å²) in [5.41, 5.74) is 0. The molecule has 0 spiro atoms. The Bertz CT molecular complexity index is 1130. The summed E-state index contributed by atoms with van der Waals surface area (Å²) in [7, 11) is 0. The topological polar surface area (TPSA) is 95.9 Å². The molecule has 0 heterocycles. The number of aliphatic hydroxyl groups is 2. The van der Waals surface area contributed by atoms with Crippen molar-refractivity contribution in [2.75, 3.05) is 13.2 Å². The number of ether oxygens (including phenoxy) is 1. The molecule has 3 N–H and O–H groups in total. The first kappa shape index (κ1) is 73.6. The van der Waals surface area contributed by atoms with Gasteiger partial charge in [-0.3, -0.25) is 9.59 Å². The predicted octanol–water partition coefficient (Wildman–Crippen LogP) is 22.0. The van der Waals surface area contributed by atoms with Crippen LogP contribution >= 0.6 is 0 Å². The Morgan fingerprint density at radius 1 is 0.360 bits per heavy atom. The molecule has 2 unspecified atom stereocenters.